The van der Waals surface area contributed by atoms with Gasteiger partial charge in [-0.2, -0.15) is 0 Å². The van der Waals surface area contributed by atoms with Crippen LogP contribution in [0.5, 0.6) is 0 Å². The van der Waals surface area contributed by atoms with E-state index in [1.807, 2.05) is 20.8 Å². The van der Waals surface area contributed by atoms with Crippen molar-refractivity contribution >= 4 is 5.91 Å². The molecule has 0 radical (unpaired) electrons. The molecule has 5 heteroatoms. The summed E-state index contributed by atoms with van der Waals surface area (Å²) in [5.41, 5.74) is 0. The van der Waals surface area contributed by atoms with Crippen molar-refractivity contribution in [3.05, 3.63) is 0 Å². The normalized spacial score (nSPS) is 26.7. The predicted molar refractivity (Wildman–Crippen MR) is 53.8 cm³/mol. The molecule has 0 aromatic rings. The maximum atomic E-state index is 12.8. The molecule has 15 heavy (non-hydrogen) atoms. The number of carbonyl (C=O) groups is 1. The van der Waals surface area contributed by atoms with Crippen LogP contribution in [-0.4, -0.2) is 30.5 Å². The fourth-order valence-electron chi connectivity index (χ4n) is 1.39. The van der Waals surface area contributed by atoms with Crippen molar-refractivity contribution < 1.29 is 13.6 Å². The minimum atomic E-state index is -2.75. The summed E-state index contributed by atoms with van der Waals surface area (Å²) in [5, 5.41) is 5.25. The van der Waals surface area contributed by atoms with E-state index in [9.17, 15) is 13.6 Å². The van der Waals surface area contributed by atoms with Gasteiger partial charge in [0, 0.05) is 12.5 Å². The number of amides is 1. The standard InChI is InChI=1S/C10H18F2N2O/c1-6(2)7(3)14-9(15)8-4-10(11,12)5-13-8/h6-8,13H,4-5H2,1-3H3,(H,14,15). The summed E-state index contributed by atoms with van der Waals surface area (Å²) < 4.78 is 25.6. The van der Waals surface area contributed by atoms with E-state index in [0.717, 1.165) is 0 Å². The molecule has 0 aromatic carbocycles. The Kier molecular flexibility index (Phi) is 3.65. The van der Waals surface area contributed by atoms with Crippen LogP contribution < -0.4 is 10.6 Å². The van der Waals surface area contributed by atoms with Crippen LogP contribution in [-0.2, 0) is 4.79 Å². The highest BCUT2D eigenvalue weighted by molar-refractivity contribution is 5.82. The molecule has 2 N–H and O–H groups in total. The molecule has 0 aromatic heterocycles. The van der Waals surface area contributed by atoms with Gasteiger partial charge in [-0.05, 0) is 12.8 Å². The van der Waals surface area contributed by atoms with Gasteiger partial charge < -0.3 is 5.32 Å². The van der Waals surface area contributed by atoms with Crippen LogP contribution in [0.2, 0.25) is 0 Å². The van der Waals surface area contributed by atoms with Crippen LogP contribution in [0.15, 0.2) is 0 Å². The number of alkyl halides is 2. The number of carbonyl (C=O) groups excluding carboxylic acids is 1. The Morgan fingerprint density at radius 2 is 2.07 bits per heavy atom. The van der Waals surface area contributed by atoms with Gasteiger partial charge in [0.1, 0.15) is 0 Å². The highest BCUT2D eigenvalue weighted by Crippen LogP contribution is 2.25. The molecule has 1 heterocycles. The molecule has 0 bridgehead atoms. The average molecular weight is 220 g/mol. The summed E-state index contributed by atoms with van der Waals surface area (Å²) >= 11 is 0. The van der Waals surface area contributed by atoms with Crippen molar-refractivity contribution in [3.8, 4) is 0 Å². The first kappa shape index (κ1) is 12.4. The monoisotopic (exact) mass is 220 g/mol. The van der Waals surface area contributed by atoms with Crippen molar-refractivity contribution in [1.29, 1.82) is 0 Å². The number of nitrogens with one attached hydrogen (secondary N) is 2. The zero-order chi connectivity index (χ0) is 11.6. The summed E-state index contributed by atoms with van der Waals surface area (Å²) in [6.07, 6.45) is -0.399. The van der Waals surface area contributed by atoms with Crippen LogP contribution in [0.4, 0.5) is 8.78 Å². The third kappa shape index (κ3) is 3.41. The van der Waals surface area contributed by atoms with Crippen LogP contribution in [0.1, 0.15) is 27.2 Å². The van der Waals surface area contributed by atoms with Gasteiger partial charge in [0.2, 0.25) is 5.91 Å². The summed E-state index contributed by atoms with van der Waals surface area (Å²) in [7, 11) is 0. The zero-order valence-corrected chi connectivity index (χ0v) is 9.31. The van der Waals surface area contributed by atoms with Gasteiger partial charge in [-0.3, -0.25) is 10.1 Å². The first-order valence-electron chi connectivity index (χ1n) is 5.23. The molecule has 2 unspecified atom stereocenters. The SMILES string of the molecule is CC(C)C(C)NC(=O)C1CC(F)(F)CN1. The van der Waals surface area contributed by atoms with Gasteiger partial charge in [0.15, 0.2) is 0 Å². The van der Waals surface area contributed by atoms with Crippen LogP contribution in [0.3, 0.4) is 0 Å². The Balaban J connectivity index is 2.42. The fraction of sp³-hybridized carbons (Fsp3) is 0.900. The van der Waals surface area contributed by atoms with E-state index in [1.165, 1.54) is 0 Å². The van der Waals surface area contributed by atoms with Crippen molar-refractivity contribution in [3.63, 3.8) is 0 Å². The van der Waals surface area contributed by atoms with Gasteiger partial charge in [-0.15, -0.1) is 0 Å². The van der Waals surface area contributed by atoms with E-state index in [4.69, 9.17) is 0 Å². The lowest BCUT2D eigenvalue weighted by atomic mass is 10.1. The second-order valence-corrected chi connectivity index (χ2v) is 4.53. The molecular weight excluding hydrogens is 202 g/mol. The molecule has 0 aliphatic carbocycles. The smallest absolute Gasteiger partial charge is 0.262 e. The van der Waals surface area contributed by atoms with E-state index >= 15 is 0 Å². The van der Waals surface area contributed by atoms with Crippen molar-refractivity contribution in [2.45, 2.75) is 45.2 Å². The number of hydrogen-bond donors (Lipinski definition) is 2. The lowest BCUT2D eigenvalue weighted by Gasteiger charge is -2.19. The summed E-state index contributed by atoms with van der Waals surface area (Å²) in [4.78, 5) is 11.5. The van der Waals surface area contributed by atoms with E-state index in [1.54, 1.807) is 0 Å². The largest absolute Gasteiger partial charge is 0.352 e. The highest BCUT2D eigenvalue weighted by atomic mass is 19.3. The Labute approximate surface area is 88.6 Å². The quantitative estimate of drug-likeness (QED) is 0.749. The maximum absolute atomic E-state index is 12.8. The van der Waals surface area contributed by atoms with Crippen molar-refractivity contribution in [2.75, 3.05) is 6.54 Å². The lowest BCUT2D eigenvalue weighted by Crippen LogP contribution is -2.45. The molecule has 1 saturated heterocycles. The fourth-order valence-corrected chi connectivity index (χ4v) is 1.39. The molecule has 2 atom stereocenters. The summed E-state index contributed by atoms with van der Waals surface area (Å²) in [5.74, 6) is -2.77. The van der Waals surface area contributed by atoms with E-state index in [0.29, 0.717) is 5.92 Å². The zero-order valence-electron chi connectivity index (χ0n) is 9.31. The van der Waals surface area contributed by atoms with Gasteiger partial charge in [0.25, 0.3) is 5.92 Å². The first-order chi connectivity index (χ1) is 6.82. The lowest BCUT2D eigenvalue weighted by molar-refractivity contribution is -0.124. The van der Waals surface area contributed by atoms with E-state index in [2.05, 4.69) is 10.6 Å². The minimum absolute atomic E-state index is 0.00789. The Morgan fingerprint density at radius 3 is 2.47 bits per heavy atom. The van der Waals surface area contributed by atoms with Gasteiger partial charge in [-0.25, -0.2) is 8.78 Å². The molecule has 1 aliphatic rings. The third-order valence-corrected chi connectivity index (χ3v) is 2.80. The average Bonchev–Trinajstić information content (AvgIpc) is 2.45. The highest BCUT2D eigenvalue weighted by Gasteiger charge is 2.42. The topological polar surface area (TPSA) is 41.1 Å². The van der Waals surface area contributed by atoms with Crippen molar-refractivity contribution in [1.82, 2.24) is 10.6 Å². The van der Waals surface area contributed by atoms with Crippen LogP contribution >= 0.6 is 0 Å². The Morgan fingerprint density at radius 1 is 1.47 bits per heavy atom. The number of hydrogen-bond acceptors (Lipinski definition) is 2. The van der Waals surface area contributed by atoms with Crippen LogP contribution in [0, 0.1) is 5.92 Å². The third-order valence-electron chi connectivity index (χ3n) is 2.80. The first-order valence-corrected chi connectivity index (χ1v) is 5.23. The Bertz CT molecular complexity index is 244. The molecule has 1 aliphatic heterocycles. The maximum Gasteiger partial charge on any atom is 0.262 e. The molecular formula is C10H18F2N2O. The van der Waals surface area contributed by atoms with Crippen molar-refractivity contribution in [2.24, 2.45) is 5.92 Å². The number of halogens is 2. The summed E-state index contributed by atoms with van der Waals surface area (Å²) in [6, 6.07) is -0.741. The van der Waals surface area contributed by atoms with E-state index in [-0.39, 0.29) is 11.9 Å². The molecule has 1 amide bonds. The molecule has 0 spiro atoms. The molecule has 3 nitrogen and oxygen atoms in total. The molecule has 88 valence electrons. The second kappa shape index (κ2) is 4.43. The molecule has 0 saturated carbocycles. The van der Waals surface area contributed by atoms with Gasteiger partial charge in [0.05, 0.1) is 12.6 Å². The predicted octanol–water partition coefficient (Wildman–Crippen LogP) is 1.14. The second-order valence-electron chi connectivity index (χ2n) is 4.53. The number of rotatable bonds is 3. The molecule has 1 fully saturated rings. The Hall–Kier alpha value is -0.710. The van der Waals surface area contributed by atoms with E-state index < -0.39 is 24.9 Å². The van der Waals surface area contributed by atoms with Gasteiger partial charge in [-0.1, -0.05) is 13.8 Å². The summed E-state index contributed by atoms with van der Waals surface area (Å²) in [6.45, 7) is 5.42. The van der Waals surface area contributed by atoms with Crippen LogP contribution in [0.25, 0.3) is 0 Å². The minimum Gasteiger partial charge on any atom is -0.352 e. The molecule has 1 rings (SSSR count). The van der Waals surface area contributed by atoms with Gasteiger partial charge >= 0.3 is 0 Å².